The van der Waals surface area contributed by atoms with Crippen molar-refractivity contribution in [1.82, 2.24) is 14.5 Å². The first-order valence-electron chi connectivity index (χ1n) is 4.78. The van der Waals surface area contributed by atoms with Crippen molar-refractivity contribution >= 4 is 5.91 Å². The van der Waals surface area contributed by atoms with Crippen molar-refractivity contribution in [2.45, 2.75) is 25.8 Å². The van der Waals surface area contributed by atoms with Crippen molar-refractivity contribution in [2.75, 3.05) is 14.1 Å². The maximum absolute atomic E-state index is 11.2. The van der Waals surface area contributed by atoms with Crippen molar-refractivity contribution < 1.29 is 4.79 Å². The lowest BCUT2D eigenvalue weighted by atomic mass is 10.2. The van der Waals surface area contributed by atoms with Crippen molar-refractivity contribution in [3.8, 4) is 0 Å². The predicted molar refractivity (Wildman–Crippen MR) is 53.6 cm³/mol. The second-order valence-electron chi connectivity index (χ2n) is 3.49. The molecule has 0 aliphatic heterocycles. The van der Waals surface area contributed by atoms with Gasteiger partial charge in [-0.15, -0.1) is 0 Å². The monoisotopic (exact) mass is 194 g/mol. The molecule has 0 bridgehead atoms. The molecule has 0 aliphatic carbocycles. The fourth-order valence-electron chi connectivity index (χ4n) is 1.16. The van der Waals surface area contributed by atoms with E-state index in [4.69, 9.17) is 0 Å². The molecule has 1 rings (SSSR count). The summed E-state index contributed by atoms with van der Waals surface area (Å²) in [7, 11) is 3.57. The third kappa shape index (κ3) is 3.60. The molecule has 14 heavy (non-hydrogen) atoms. The average Bonchev–Trinajstić information content (AvgIpc) is 2.64. The fourth-order valence-corrected chi connectivity index (χ4v) is 1.16. The number of nitrogens with zero attached hydrogens (tertiary/aromatic N) is 3. The number of hydrogen-bond donors (Lipinski definition) is 0. The summed E-state index contributed by atoms with van der Waals surface area (Å²) in [6.45, 7) is 0.914. The molecule has 0 N–H and O–H groups in total. The normalized spacial score (nSPS) is 10.1. The molecule has 0 spiro atoms. The zero-order chi connectivity index (χ0) is 10.4. The van der Waals surface area contributed by atoms with Gasteiger partial charge in [0.25, 0.3) is 0 Å². The van der Waals surface area contributed by atoms with E-state index in [9.17, 15) is 4.79 Å². The highest BCUT2D eigenvalue weighted by Crippen LogP contribution is 2.00. The second-order valence-corrected chi connectivity index (χ2v) is 3.49. The number of carbonyl (C=O) groups excluding carboxylic acids is 1. The molecule has 1 aromatic heterocycles. The first-order valence-corrected chi connectivity index (χ1v) is 4.78. The van der Waals surface area contributed by atoms with E-state index < -0.39 is 0 Å². The minimum absolute atomic E-state index is 0.196. The van der Waals surface area contributed by atoms with Crippen LogP contribution >= 0.6 is 0 Å². The van der Waals surface area contributed by atoms with Gasteiger partial charge in [0.1, 0.15) is 6.20 Å². The van der Waals surface area contributed by atoms with Crippen LogP contribution in [-0.2, 0) is 11.3 Å². The Hall–Kier alpha value is -1.32. The second kappa shape index (κ2) is 5.42. The summed E-state index contributed by atoms with van der Waals surface area (Å²) >= 11 is 0. The maximum atomic E-state index is 11.2. The molecule has 0 saturated heterocycles. The molecule has 4 nitrogen and oxygen atoms in total. The largest absolute Gasteiger partial charge is 0.349 e. The van der Waals surface area contributed by atoms with E-state index in [0.29, 0.717) is 6.42 Å². The minimum atomic E-state index is 0.196. The first-order chi connectivity index (χ1) is 6.70. The summed E-state index contributed by atoms with van der Waals surface area (Å²) in [5.41, 5.74) is 0. The van der Waals surface area contributed by atoms with Gasteiger partial charge in [0, 0.05) is 33.3 Å². The van der Waals surface area contributed by atoms with Crippen molar-refractivity contribution in [3.63, 3.8) is 0 Å². The molecule has 1 aromatic rings. The van der Waals surface area contributed by atoms with E-state index in [0.717, 1.165) is 19.4 Å². The highest BCUT2D eigenvalue weighted by atomic mass is 16.2. The van der Waals surface area contributed by atoms with E-state index in [2.05, 4.69) is 11.2 Å². The van der Waals surface area contributed by atoms with E-state index in [1.807, 2.05) is 10.8 Å². The molecule has 77 valence electrons. The highest BCUT2D eigenvalue weighted by Gasteiger charge is 2.02. The minimum Gasteiger partial charge on any atom is -0.349 e. The first kappa shape index (κ1) is 10.8. The molecular formula is C10H16N3O. The lowest BCUT2D eigenvalue weighted by Crippen LogP contribution is -2.21. The van der Waals surface area contributed by atoms with Crippen LogP contribution in [0.15, 0.2) is 12.5 Å². The Morgan fingerprint density at radius 2 is 2.29 bits per heavy atom. The Labute approximate surface area is 84.5 Å². The number of amides is 1. The SMILES string of the molecule is CN(C)C(=O)CCCCn1c[c]nc1. The van der Waals surface area contributed by atoms with Crippen molar-refractivity contribution in [2.24, 2.45) is 0 Å². The van der Waals surface area contributed by atoms with Crippen LogP contribution in [0.4, 0.5) is 0 Å². The number of rotatable bonds is 5. The molecule has 0 atom stereocenters. The number of hydrogen-bond acceptors (Lipinski definition) is 2. The lowest BCUT2D eigenvalue weighted by Gasteiger charge is -2.09. The standard InChI is InChI=1S/C10H16N3O/c1-12(2)10(14)5-3-4-7-13-8-6-11-9-13/h8-9H,3-5,7H2,1-2H3. The summed E-state index contributed by atoms with van der Waals surface area (Å²) in [5, 5.41) is 0. The van der Waals surface area contributed by atoms with Crippen LogP contribution in [0.1, 0.15) is 19.3 Å². The molecule has 1 amide bonds. The lowest BCUT2D eigenvalue weighted by molar-refractivity contribution is -0.128. The smallest absolute Gasteiger partial charge is 0.222 e. The molecule has 0 unspecified atom stereocenters. The van der Waals surface area contributed by atoms with Crippen LogP contribution in [0.3, 0.4) is 0 Å². The van der Waals surface area contributed by atoms with Gasteiger partial charge in [0.15, 0.2) is 0 Å². The molecule has 0 aromatic carbocycles. The summed E-state index contributed by atoms with van der Waals surface area (Å²) in [5.74, 6) is 0.196. The summed E-state index contributed by atoms with van der Waals surface area (Å²) < 4.78 is 1.97. The van der Waals surface area contributed by atoms with Gasteiger partial charge >= 0.3 is 0 Å². The molecule has 0 aliphatic rings. The van der Waals surface area contributed by atoms with Gasteiger partial charge in [0.2, 0.25) is 5.91 Å². The molecule has 1 heterocycles. The summed E-state index contributed by atoms with van der Waals surface area (Å²) in [6.07, 6.45) is 8.85. The van der Waals surface area contributed by atoms with Crippen LogP contribution in [0.2, 0.25) is 0 Å². The number of aryl methyl sites for hydroxylation is 1. The summed E-state index contributed by atoms with van der Waals surface area (Å²) in [4.78, 5) is 16.7. The molecule has 0 fully saturated rings. The van der Waals surface area contributed by atoms with Gasteiger partial charge in [-0.25, -0.2) is 4.98 Å². The quantitative estimate of drug-likeness (QED) is 0.654. The number of aromatic nitrogens is 2. The van der Waals surface area contributed by atoms with Crippen molar-refractivity contribution in [1.29, 1.82) is 0 Å². The van der Waals surface area contributed by atoms with Gasteiger partial charge in [0.05, 0.1) is 6.33 Å². The Kier molecular flexibility index (Phi) is 4.16. The third-order valence-electron chi connectivity index (χ3n) is 2.06. The third-order valence-corrected chi connectivity index (χ3v) is 2.06. The number of carbonyl (C=O) groups is 1. The van der Waals surface area contributed by atoms with Crippen LogP contribution < -0.4 is 0 Å². The van der Waals surface area contributed by atoms with Crippen LogP contribution in [0, 0.1) is 6.20 Å². The molecule has 0 saturated carbocycles. The summed E-state index contributed by atoms with van der Waals surface area (Å²) in [6, 6.07) is 0. The molecule has 4 heteroatoms. The van der Waals surface area contributed by atoms with Gasteiger partial charge in [-0.1, -0.05) is 0 Å². The number of imidazole rings is 1. The van der Waals surface area contributed by atoms with Crippen LogP contribution in [-0.4, -0.2) is 34.5 Å². The zero-order valence-electron chi connectivity index (χ0n) is 8.73. The Balaban J connectivity index is 2.08. The molecular weight excluding hydrogens is 178 g/mol. The Morgan fingerprint density at radius 1 is 1.50 bits per heavy atom. The Morgan fingerprint density at radius 3 is 2.86 bits per heavy atom. The topological polar surface area (TPSA) is 38.1 Å². The van der Waals surface area contributed by atoms with E-state index in [1.165, 1.54) is 0 Å². The van der Waals surface area contributed by atoms with E-state index in [-0.39, 0.29) is 5.91 Å². The van der Waals surface area contributed by atoms with E-state index >= 15 is 0 Å². The van der Waals surface area contributed by atoms with Gasteiger partial charge < -0.3 is 9.47 Å². The van der Waals surface area contributed by atoms with Gasteiger partial charge in [-0.05, 0) is 12.8 Å². The predicted octanol–water partition coefficient (Wildman–Crippen LogP) is 0.942. The van der Waals surface area contributed by atoms with Crippen LogP contribution in [0.5, 0.6) is 0 Å². The zero-order valence-corrected chi connectivity index (χ0v) is 8.73. The van der Waals surface area contributed by atoms with Crippen molar-refractivity contribution in [3.05, 3.63) is 18.7 Å². The van der Waals surface area contributed by atoms with Gasteiger partial charge in [-0.2, -0.15) is 0 Å². The van der Waals surface area contributed by atoms with Gasteiger partial charge in [-0.3, -0.25) is 4.79 Å². The Bertz CT molecular complexity index is 267. The van der Waals surface area contributed by atoms with E-state index in [1.54, 1.807) is 25.3 Å². The number of unbranched alkanes of at least 4 members (excludes halogenated alkanes) is 1. The maximum Gasteiger partial charge on any atom is 0.222 e. The fraction of sp³-hybridized carbons (Fsp3) is 0.600. The average molecular weight is 194 g/mol. The van der Waals surface area contributed by atoms with Crippen LogP contribution in [0.25, 0.3) is 0 Å². The highest BCUT2D eigenvalue weighted by molar-refractivity contribution is 5.75. The molecule has 1 radical (unpaired) electrons.